The molecule has 0 spiro atoms. The van der Waals surface area contributed by atoms with Gasteiger partial charge in [-0.05, 0) is 19.3 Å². The molecule has 0 unspecified atom stereocenters. The molecule has 0 amide bonds. The number of nitrogens with one attached hydrogen (secondary N) is 1. The molecule has 0 radical (unpaired) electrons. The highest BCUT2D eigenvalue weighted by molar-refractivity contribution is 7.99. The molecule has 4 nitrogen and oxygen atoms in total. The van der Waals surface area contributed by atoms with Crippen molar-refractivity contribution >= 4 is 11.8 Å². The molecule has 3 rings (SSSR count). The van der Waals surface area contributed by atoms with E-state index in [1.54, 1.807) is 11.8 Å². The Labute approximate surface area is 117 Å². The molecule has 0 bridgehead atoms. The maximum atomic E-state index is 5.70. The van der Waals surface area contributed by atoms with Gasteiger partial charge in [0.15, 0.2) is 5.82 Å². The van der Waals surface area contributed by atoms with Gasteiger partial charge in [0.05, 0.1) is 6.10 Å². The molecule has 5 heteroatoms. The monoisotopic (exact) mass is 275 g/mol. The maximum Gasteiger partial charge on any atom is 0.208 e. The molecule has 2 aromatic rings. The van der Waals surface area contributed by atoms with E-state index in [2.05, 4.69) is 15.2 Å². The molecule has 1 aliphatic heterocycles. The fourth-order valence-electron chi connectivity index (χ4n) is 2.14. The number of thioether (sulfide) groups is 1. The van der Waals surface area contributed by atoms with Gasteiger partial charge < -0.3 is 4.74 Å². The summed E-state index contributed by atoms with van der Waals surface area (Å²) in [5.74, 6) is 1.76. The fraction of sp³-hybridized carbons (Fsp3) is 0.429. The van der Waals surface area contributed by atoms with Gasteiger partial charge in [0, 0.05) is 17.9 Å². The Morgan fingerprint density at radius 3 is 2.95 bits per heavy atom. The van der Waals surface area contributed by atoms with E-state index in [-0.39, 0.29) is 0 Å². The van der Waals surface area contributed by atoms with Crippen LogP contribution in [0, 0.1) is 0 Å². The summed E-state index contributed by atoms with van der Waals surface area (Å²) in [5, 5.41) is 8.03. The van der Waals surface area contributed by atoms with Crippen molar-refractivity contribution in [2.24, 2.45) is 0 Å². The van der Waals surface area contributed by atoms with Crippen LogP contribution in [-0.2, 0) is 4.74 Å². The number of nitrogens with zero attached hydrogens (tertiary/aromatic N) is 2. The minimum absolute atomic E-state index is 0.359. The van der Waals surface area contributed by atoms with E-state index in [0.717, 1.165) is 35.3 Å². The van der Waals surface area contributed by atoms with Gasteiger partial charge in [-0.3, -0.25) is 5.10 Å². The summed E-state index contributed by atoms with van der Waals surface area (Å²) in [6.07, 6.45) is 3.98. The predicted molar refractivity (Wildman–Crippen MR) is 76.1 cm³/mol. The SMILES string of the molecule is c1ccc(-c2nc(SC[C@H]3CCCCO3)n[nH]2)cc1. The zero-order chi connectivity index (χ0) is 12.9. The average molecular weight is 275 g/mol. The Bertz CT molecular complexity index is 508. The number of hydrogen-bond donors (Lipinski definition) is 1. The predicted octanol–water partition coefficient (Wildman–Crippen LogP) is 3.13. The van der Waals surface area contributed by atoms with Gasteiger partial charge >= 0.3 is 0 Å². The first-order chi connectivity index (χ1) is 9.42. The van der Waals surface area contributed by atoms with Gasteiger partial charge in [-0.1, -0.05) is 42.1 Å². The molecular weight excluding hydrogens is 258 g/mol. The first-order valence-corrected chi connectivity index (χ1v) is 7.62. The van der Waals surface area contributed by atoms with Gasteiger partial charge in [-0.15, -0.1) is 5.10 Å². The summed E-state index contributed by atoms with van der Waals surface area (Å²) in [7, 11) is 0. The summed E-state index contributed by atoms with van der Waals surface area (Å²) in [5.41, 5.74) is 1.07. The smallest absolute Gasteiger partial charge is 0.208 e. The van der Waals surface area contributed by atoms with Crippen LogP contribution in [0.5, 0.6) is 0 Å². The second-order valence-electron chi connectivity index (χ2n) is 4.63. The van der Waals surface area contributed by atoms with Crippen LogP contribution in [0.2, 0.25) is 0 Å². The summed E-state index contributed by atoms with van der Waals surface area (Å²) in [6, 6.07) is 10.1. The van der Waals surface area contributed by atoms with Crippen LogP contribution >= 0.6 is 11.8 Å². The molecular formula is C14H17N3OS. The number of aromatic amines is 1. The van der Waals surface area contributed by atoms with E-state index in [4.69, 9.17) is 4.74 Å². The third-order valence-electron chi connectivity index (χ3n) is 3.18. The molecule has 1 aromatic carbocycles. The molecule has 2 heterocycles. The number of aromatic nitrogens is 3. The second kappa shape index (κ2) is 6.21. The van der Waals surface area contributed by atoms with Gasteiger partial charge in [-0.25, -0.2) is 4.98 Å². The largest absolute Gasteiger partial charge is 0.377 e. The zero-order valence-corrected chi connectivity index (χ0v) is 11.5. The molecule has 19 heavy (non-hydrogen) atoms. The van der Waals surface area contributed by atoms with Gasteiger partial charge in [0.2, 0.25) is 5.16 Å². The van der Waals surface area contributed by atoms with Crippen LogP contribution in [-0.4, -0.2) is 33.6 Å². The third kappa shape index (κ3) is 3.36. The highest BCUT2D eigenvalue weighted by Crippen LogP contribution is 2.23. The summed E-state index contributed by atoms with van der Waals surface area (Å²) in [6.45, 7) is 0.897. The number of ether oxygens (including phenoxy) is 1. The fourth-order valence-corrected chi connectivity index (χ4v) is 3.01. The third-order valence-corrected chi connectivity index (χ3v) is 4.16. The van der Waals surface area contributed by atoms with Crippen molar-refractivity contribution < 1.29 is 4.74 Å². The normalized spacial score (nSPS) is 19.5. The van der Waals surface area contributed by atoms with Gasteiger partial charge in [-0.2, -0.15) is 0 Å². The molecule has 1 saturated heterocycles. The lowest BCUT2D eigenvalue weighted by atomic mass is 10.1. The molecule has 1 aliphatic rings. The molecule has 1 fully saturated rings. The topological polar surface area (TPSA) is 50.8 Å². The standard InChI is InChI=1S/C14H17N3OS/c1-2-6-11(7-3-1)13-15-14(17-16-13)19-10-12-8-4-5-9-18-12/h1-3,6-7,12H,4-5,8-10H2,(H,15,16,17)/t12-/m1/s1. The van der Waals surface area contributed by atoms with E-state index in [1.165, 1.54) is 12.8 Å². The van der Waals surface area contributed by atoms with E-state index >= 15 is 0 Å². The van der Waals surface area contributed by atoms with Crippen LogP contribution in [0.15, 0.2) is 35.5 Å². The molecule has 1 aromatic heterocycles. The number of rotatable bonds is 4. The van der Waals surface area contributed by atoms with Crippen LogP contribution in [0.25, 0.3) is 11.4 Å². The average Bonchev–Trinajstić information content (AvgIpc) is 2.96. The van der Waals surface area contributed by atoms with Crippen LogP contribution in [0.3, 0.4) is 0 Å². The van der Waals surface area contributed by atoms with Gasteiger partial charge in [0.25, 0.3) is 0 Å². The summed E-state index contributed by atoms with van der Waals surface area (Å²) in [4.78, 5) is 4.51. The van der Waals surface area contributed by atoms with Crippen LogP contribution in [0.1, 0.15) is 19.3 Å². The summed E-state index contributed by atoms with van der Waals surface area (Å²) < 4.78 is 5.70. The Morgan fingerprint density at radius 1 is 1.26 bits per heavy atom. The number of hydrogen-bond acceptors (Lipinski definition) is 4. The minimum Gasteiger partial charge on any atom is -0.377 e. The summed E-state index contributed by atoms with van der Waals surface area (Å²) >= 11 is 1.66. The zero-order valence-electron chi connectivity index (χ0n) is 10.7. The molecule has 0 aliphatic carbocycles. The van der Waals surface area contributed by atoms with Crippen LogP contribution < -0.4 is 0 Å². The molecule has 0 saturated carbocycles. The Morgan fingerprint density at radius 2 is 2.16 bits per heavy atom. The lowest BCUT2D eigenvalue weighted by Crippen LogP contribution is -2.21. The first kappa shape index (κ1) is 12.7. The Kier molecular flexibility index (Phi) is 4.15. The van der Waals surface area contributed by atoms with Gasteiger partial charge in [0.1, 0.15) is 0 Å². The van der Waals surface area contributed by atoms with E-state index < -0.39 is 0 Å². The quantitative estimate of drug-likeness (QED) is 0.871. The highest BCUT2D eigenvalue weighted by Gasteiger charge is 2.15. The molecule has 1 atom stereocenters. The van der Waals surface area contributed by atoms with Crippen molar-refractivity contribution in [1.82, 2.24) is 15.2 Å². The second-order valence-corrected chi connectivity index (χ2v) is 5.62. The van der Waals surface area contributed by atoms with Crippen molar-refractivity contribution in [3.05, 3.63) is 30.3 Å². The van der Waals surface area contributed by atoms with Crippen molar-refractivity contribution in [1.29, 1.82) is 0 Å². The molecule has 1 N–H and O–H groups in total. The van der Waals surface area contributed by atoms with E-state index in [1.807, 2.05) is 30.3 Å². The first-order valence-electron chi connectivity index (χ1n) is 6.64. The Hall–Kier alpha value is -1.33. The van der Waals surface area contributed by atoms with E-state index in [0.29, 0.717) is 6.10 Å². The minimum atomic E-state index is 0.359. The number of H-pyrrole nitrogens is 1. The maximum absolute atomic E-state index is 5.70. The Balaban J connectivity index is 1.59. The van der Waals surface area contributed by atoms with Crippen molar-refractivity contribution in [2.75, 3.05) is 12.4 Å². The van der Waals surface area contributed by atoms with Crippen LogP contribution in [0.4, 0.5) is 0 Å². The molecule has 100 valence electrons. The lowest BCUT2D eigenvalue weighted by molar-refractivity contribution is 0.0315. The highest BCUT2D eigenvalue weighted by atomic mass is 32.2. The lowest BCUT2D eigenvalue weighted by Gasteiger charge is -2.21. The van der Waals surface area contributed by atoms with Crippen molar-refractivity contribution in [3.63, 3.8) is 0 Å². The number of benzene rings is 1. The van der Waals surface area contributed by atoms with Crippen molar-refractivity contribution in [3.8, 4) is 11.4 Å². The van der Waals surface area contributed by atoms with E-state index in [9.17, 15) is 0 Å². The van der Waals surface area contributed by atoms with Crippen molar-refractivity contribution in [2.45, 2.75) is 30.5 Å².